The highest BCUT2D eigenvalue weighted by Gasteiger charge is 2.54. The molecule has 1 aliphatic carbocycles. The third-order valence-corrected chi connectivity index (χ3v) is 5.24. The summed E-state index contributed by atoms with van der Waals surface area (Å²) in [6.07, 6.45) is 1.87. The van der Waals surface area contributed by atoms with E-state index < -0.39 is 22.2 Å². The van der Waals surface area contributed by atoms with Gasteiger partial charge in [0.25, 0.3) is 5.69 Å². The number of para-hydroxylation sites is 1. The molecule has 27 heavy (non-hydrogen) atoms. The van der Waals surface area contributed by atoms with Crippen LogP contribution in [0.1, 0.15) is 5.56 Å². The lowest BCUT2D eigenvalue weighted by Crippen LogP contribution is -2.47. The van der Waals surface area contributed by atoms with Gasteiger partial charge in [-0.3, -0.25) is 10.1 Å². The number of nitriles is 3. The molecule has 0 fully saturated rings. The number of likely N-dealkylation sites (N-methyl/N-ethyl adjacent to an activating group) is 1. The maximum absolute atomic E-state index is 11.5. The van der Waals surface area contributed by atoms with E-state index in [0.717, 1.165) is 0 Å². The average molecular weight is 360 g/mol. The molecule has 1 aromatic rings. The normalized spacial score (nSPS) is 24.0. The Morgan fingerprint density at radius 2 is 1.96 bits per heavy atom. The number of benzene rings is 1. The van der Waals surface area contributed by atoms with Crippen molar-refractivity contribution < 1.29 is 4.92 Å². The average Bonchev–Trinajstić information content (AvgIpc) is 2.67. The van der Waals surface area contributed by atoms with Crippen LogP contribution in [-0.2, 0) is 0 Å². The van der Waals surface area contributed by atoms with Crippen molar-refractivity contribution in [3.05, 3.63) is 57.3 Å². The smallest absolute Gasteiger partial charge is 0.277 e. The van der Waals surface area contributed by atoms with E-state index in [2.05, 4.69) is 6.07 Å². The quantitative estimate of drug-likeness (QED) is 0.626. The molecule has 0 saturated heterocycles. The van der Waals surface area contributed by atoms with Gasteiger partial charge in [-0.1, -0.05) is 18.2 Å². The number of nitro groups is 1. The summed E-state index contributed by atoms with van der Waals surface area (Å²) in [6.45, 7) is 1.03. The standard InChI is InChI=1S/C19H16N6O2/c1-24-7-6-12-14(9-24)15(8-20)19(10-21,11-22)18(23)17(12)13-4-2-3-5-16(13)25(26)27/h2-6,14-15H,7,9,23H2,1H3. The molecule has 2 N–H and O–H groups in total. The van der Waals surface area contributed by atoms with E-state index in [1.165, 1.54) is 6.07 Å². The van der Waals surface area contributed by atoms with Crippen LogP contribution in [0, 0.1) is 61.4 Å². The monoisotopic (exact) mass is 360 g/mol. The van der Waals surface area contributed by atoms with Gasteiger partial charge in [-0.25, -0.2) is 0 Å². The number of allylic oxidation sites excluding steroid dienone is 2. The van der Waals surface area contributed by atoms with Crippen LogP contribution in [0.5, 0.6) is 0 Å². The largest absolute Gasteiger partial charge is 0.399 e. The molecule has 1 aromatic carbocycles. The highest BCUT2D eigenvalue weighted by Crippen LogP contribution is 2.52. The molecule has 8 heteroatoms. The minimum absolute atomic E-state index is 0.0968. The van der Waals surface area contributed by atoms with E-state index in [4.69, 9.17) is 5.73 Å². The highest BCUT2D eigenvalue weighted by molar-refractivity contribution is 5.89. The third-order valence-electron chi connectivity index (χ3n) is 5.24. The molecular weight excluding hydrogens is 344 g/mol. The number of hydrogen-bond donors (Lipinski definition) is 1. The molecule has 0 aromatic heterocycles. The summed E-state index contributed by atoms with van der Waals surface area (Å²) in [7, 11) is 1.87. The maximum Gasteiger partial charge on any atom is 0.277 e. The summed E-state index contributed by atoms with van der Waals surface area (Å²) in [5.74, 6) is -1.41. The number of fused-ring (bicyclic) bond motifs is 1. The van der Waals surface area contributed by atoms with Crippen LogP contribution >= 0.6 is 0 Å². The van der Waals surface area contributed by atoms with Crippen LogP contribution in [-0.4, -0.2) is 30.0 Å². The van der Waals surface area contributed by atoms with Gasteiger partial charge in [-0.05, 0) is 18.7 Å². The molecule has 2 unspecified atom stereocenters. The zero-order chi connectivity index (χ0) is 19.8. The lowest BCUT2D eigenvalue weighted by atomic mass is 9.59. The van der Waals surface area contributed by atoms with Gasteiger partial charge >= 0.3 is 0 Å². The first-order chi connectivity index (χ1) is 12.9. The lowest BCUT2D eigenvalue weighted by molar-refractivity contribution is -0.385. The number of nitro benzene ring substituents is 1. The zero-order valence-corrected chi connectivity index (χ0v) is 14.6. The van der Waals surface area contributed by atoms with Gasteiger partial charge in [0.05, 0.1) is 40.3 Å². The first-order valence-electron chi connectivity index (χ1n) is 8.26. The molecule has 2 aliphatic rings. The van der Waals surface area contributed by atoms with Crippen molar-refractivity contribution in [3.63, 3.8) is 0 Å². The predicted molar refractivity (Wildman–Crippen MR) is 96.0 cm³/mol. The van der Waals surface area contributed by atoms with E-state index in [0.29, 0.717) is 24.2 Å². The van der Waals surface area contributed by atoms with Gasteiger partial charge in [0.15, 0.2) is 5.41 Å². The molecule has 0 spiro atoms. The molecular formula is C19H16N6O2. The van der Waals surface area contributed by atoms with Gasteiger partial charge in [-0.15, -0.1) is 0 Å². The van der Waals surface area contributed by atoms with Crippen molar-refractivity contribution in [2.24, 2.45) is 23.0 Å². The molecule has 0 amide bonds. The second kappa shape index (κ2) is 6.57. The van der Waals surface area contributed by atoms with Crippen LogP contribution in [0.2, 0.25) is 0 Å². The topological polar surface area (TPSA) is 144 Å². The molecule has 0 saturated carbocycles. The first kappa shape index (κ1) is 18.1. The van der Waals surface area contributed by atoms with Crippen LogP contribution < -0.4 is 5.73 Å². The molecule has 1 aliphatic heterocycles. The number of nitrogens with two attached hydrogens (primary N) is 1. The Labute approximate surface area is 156 Å². The molecule has 3 rings (SSSR count). The van der Waals surface area contributed by atoms with Crippen molar-refractivity contribution in [2.75, 3.05) is 20.1 Å². The lowest BCUT2D eigenvalue weighted by Gasteiger charge is -2.43. The molecule has 1 heterocycles. The molecule has 0 radical (unpaired) electrons. The zero-order valence-electron chi connectivity index (χ0n) is 14.6. The Morgan fingerprint density at radius 1 is 1.30 bits per heavy atom. The fourth-order valence-corrected chi connectivity index (χ4v) is 3.92. The van der Waals surface area contributed by atoms with Gasteiger partial charge in [-0.2, -0.15) is 15.8 Å². The van der Waals surface area contributed by atoms with Crippen molar-refractivity contribution in [3.8, 4) is 18.2 Å². The van der Waals surface area contributed by atoms with E-state index in [1.807, 2.05) is 30.2 Å². The van der Waals surface area contributed by atoms with Crippen molar-refractivity contribution in [2.45, 2.75) is 0 Å². The summed E-state index contributed by atoms with van der Waals surface area (Å²) >= 11 is 0. The van der Waals surface area contributed by atoms with Crippen LogP contribution in [0.15, 0.2) is 41.6 Å². The Bertz CT molecular complexity index is 990. The van der Waals surface area contributed by atoms with Crippen molar-refractivity contribution in [1.82, 2.24) is 4.90 Å². The van der Waals surface area contributed by atoms with Crippen LogP contribution in [0.3, 0.4) is 0 Å². The van der Waals surface area contributed by atoms with E-state index in [1.54, 1.807) is 18.2 Å². The van der Waals surface area contributed by atoms with Crippen molar-refractivity contribution in [1.29, 1.82) is 15.8 Å². The fraction of sp³-hybridized carbons (Fsp3) is 0.316. The molecule has 8 nitrogen and oxygen atoms in total. The van der Waals surface area contributed by atoms with Gasteiger partial charge < -0.3 is 10.6 Å². The summed E-state index contributed by atoms with van der Waals surface area (Å²) in [4.78, 5) is 13.0. The summed E-state index contributed by atoms with van der Waals surface area (Å²) < 4.78 is 0. The van der Waals surface area contributed by atoms with Gasteiger partial charge in [0.1, 0.15) is 0 Å². The van der Waals surface area contributed by atoms with Gasteiger partial charge in [0, 0.05) is 30.6 Å². The molecule has 134 valence electrons. The number of rotatable bonds is 2. The molecule has 2 atom stereocenters. The summed E-state index contributed by atoms with van der Waals surface area (Å²) in [5, 5.41) is 40.9. The van der Waals surface area contributed by atoms with Gasteiger partial charge in [0.2, 0.25) is 0 Å². The second-order valence-electron chi connectivity index (χ2n) is 6.69. The Hall–Kier alpha value is -3.67. The Kier molecular flexibility index (Phi) is 4.41. The third kappa shape index (κ3) is 2.54. The first-order valence-corrected chi connectivity index (χ1v) is 8.26. The SMILES string of the molecule is CN1CC=C2C(c3ccccc3[N+](=O)[O-])=C(N)C(C#N)(C#N)C(C#N)C2C1. The molecule has 0 bridgehead atoms. The summed E-state index contributed by atoms with van der Waals surface area (Å²) in [6, 6.07) is 12.1. The number of hydrogen-bond acceptors (Lipinski definition) is 7. The Morgan fingerprint density at radius 3 is 2.56 bits per heavy atom. The van der Waals surface area contributed by atoms with Crippen LogP contribution in [0.25, 0.3) is 5.57 Å². The Balaban J connectivity index is 2.41. The maximum atomic E-state index is 11.5. The second-order valence-corrected chi connectivity index (χ2v) is 6.69. The summed E-state index contributed by atoms with van der Waals surface area (Å²) in [5.41, 5.74) is 5.45. The fourth-order valence-electron chi connectivity index (χ4n) is 3.92. The predicted octanol–water partition coefficient (Wildman–Crippen LogP) is 1.94. The van der Waals surface area contributed by atoms with E-state index in [9.17, 15) is 25.9 Å². The minimum Gasteiger partial charge on any atom is -0.399 e. The van der Waals surface area contributed by atoms with E-state index >= 15 is 0 Å². The van der Waals surface area contributed by atoms with E-state index in [-0.39, 0.29) is 16.9 Å². The van der Waals surface area contributed by atoms with Crippen molar-refractivity contribution >= 4 is 11.3 Å². The minimum atomic E-state index is -1.87. The van der Waals surface area contributed by atoms with Crippen LogP contribution in [0.4, 0.5) is 5.69 Å². The highest BCUT2D eigenvalue weighted by atomic mass is 16.6. The number of nitrogens with zero attached hydrogens (tertiary/aromatic N) is 5.